The molecule has 0 aromatic heterocycles. The Hall–Kier alpha value is -0.510. The molecule has 56 valence electrons. The van der Waals surface area contributed by atoms with Crippen LogP contribution in [0.3, 0.4) is 0 Å². The van der Waals surface area contributed by atoms with Crippen LogP contribution in [0.1, 0.15) is 13.3 Å². The standard InChI is InChI=1S/C6H10N2OS/c1-3-4-5(9)8-6(7-4)10-2/h4H,3H2,1-2H3,(H,7,8,9). The number of nitrogens with zero attached hydrogens (tertiary/aromatic N) is 1. The number of amidine groups is 1. The number of carbonyl (C=O) groups is 1. The molecule has 0 spiro atoms. The second-order valence-electron chi connectivity index (χ2n) is 2.05. The normalized spacial score (nSPS) is 24.4. The van der Waals surface area contributed by atoms with E-state index < -0.39 is 0 Å². The molecule has 0 bridgehead atoms. The third kappa shape index (κ3) is 1.31. The molecule has 1 amide bonds. The van der Waals surface area contributed by atoms with Crippen molar-refractivity contribution >= 4 is 22.8 Å². The lowest BCUT2D eigenvalue weighted by atomic mass is 10.2. The van der Waals surface area contributed by atoms with E-state index in [1.165, 1.54) is 11.8 Å². The van der Waals surface area contributed by atoms with Crippen LogP contribution < -0.4 is 5.32 Å². The monoisotopic (exact) mass is 158 g/mol. The van der Waals surface area contributed by atoms with Crippen LogP contribution in [0.4, 0.5) is 0 Å². The molecule has 1 N–H and O–H groups in total. The molecule has 0 aromatic carbocycles. The molecule has 4 heteroatoms. The molecule has 0 radical (unpaired) electrons. The summed E-state index contributed by atoms with van der Waals surface area (Å²) >= 11 is 1.47. The number of thioether (sulfide) groups is 1. The minimum Gasteiger partial charge on any atom is -0.304 e. The van der Waals surface area contributed by atoms with Crippen LogP contribution >= 0.6 is 11.8 Å². The Morgan fingerprint density at radius 3 is 2.80 bits per heavy atom. The first-order chi connectivity index (χ1) is 4.77. The fourth-order valence-corrected chi connectivity index (χ4v) is 1.24. The van der Waals surface area contributed by atoms with Gasteiger partial charge in [-0.15, -0.1) is 0 Å². The maximum absolute atomic E-state index is 10.9. The lowest BCUT2D eigenvalue weighted by molar-refractivity contribution is -0.120. The van der Waals surface area contributed by atoms with E-state index in [-0.39, 0.29) is 11.9 Å². The molecule has 1 aliphatic rings. The van der Waals surface area contributed by atoms with E-state index in [0.717, 1.165) is 11.6 Å². The molecule has 0 saturated carbocycles. The summed E-state index contributed by atoms with van der Waals surface area (Å²) in [5, 5.41) is 3.43. The Labute approximate surface area is 64.3 Å². The van der Waals surface area contributed by atoms with E-state index in [2.05, 4.69) is 10.3 Å². The van der Waals surface area contributed by atoms with Crippen molar-refractivity contribution < 1.29 is 4.79 Å². The van der Waals surface area contributed by atoms with Crippen molar-refractivity contribution in [3.63, 3.8) is 0 Å². The smallest absolute Gasteiger partial charge is 0.250 e. The summed E-state index contributed by atoms with van der Waals surface area (Å²) in [5.74, 6) is 0.0341. The Bertz CT molecular complexity index is 179. The summed E-state index contributed by atoms with van der Waals surface area (Å²) in [6.45, 7) is 1.96. The molecule has 1 unspecified atom stereocenters. The van der Waals surface area contributed by atoms with Crippen molar-refractivity contribution in [3.05, 3.63) is 0 Å². The zero-order valence-electron chi connectivity index (χ0n) is 6.05. The van der Waals surface area contributed by atoms with Crippen LogP contribution in [-0.4, -0.2) is 23.4 Å². The van der Waals surface area contributed by atoms with Gasteiger partial charge in [0.15, 0.2) is 5.17 Å². The van der Waals surface area contributed by atoms with Crippen molar-refractivity contribution in [2.24, 2.45) is 4.99 Å². The predicted molar refractivity (Wildman–Crippen MR) is 43.2 cm³/mol. The Morgan fingerprint density at radius 1 is 1.80 bits per heavy atom. The maximum atomic E-state index is 10.9. The molecule has 1 atom stereocenters. The Morgan fingerprint density at radius 2 is 2.50 bits per heavy atom. The number of amides is 1. The third-order valence-corrected chi connectivity index (χ3v) is 1.98. The summed E-state index contributed by atoms with van der Waals surface area (Å²) in [6, 6.07) is -0.137. The van der Waals surface area contributed by atoms with E-state index in [9.17, 15) is 4.79 Å². The largest absolute Gasteiger partial charge is 0.304 e. The fourth-order valence-electron chi connectivity index (χ4n) is 0.802. The van der Waals surface area contributed by atoms with Gasteiger partial charge in [0.05, 0.1) is 0 Å². The maximum Gasteiger partial charge on any atom is 0.250 e. The van der Waals surface area contributed by atoms with E-state index in [4.69, 9.17) is 0 Å². The molecule has 0 fully saturated rings. The molecule has 0 aliphatic carbocycles. The number of rotatable bonds is 1. The predicted octanol–water partition coefficient (Wildman–Crippen LogP) is 0.614. The van der Waals surface area contributed by atoms with Crippen LogP contribution in [0.2, 0.25) is 0 Å². The number of hydrogen-bond donors (Lipinski definition) is 1. The van der Waals surface area contributed by atoms with Crippen LogP contribution in [0.25, 0.3) is 0 Å². The highest BCUT2D eigenvalue weighted by Crippen LogP contribution is 2.09. The zero-order valence-corrected chi connectivity index (χ0v) is 6.86. The number of aliphatic imine (C=N–C) groups is 1. The molecular weight excluding hydrogens is 148 g/mol. The Balaban J connectivity index is 2.61. The summed E-state index contributed by atoms with van der Waals surface area (Å²) in [5.41, 5.74) is 0. The Kier molecular flexibility index (Phi) is 2.32. The van der Waals surface area contributed by atoms with E-state index >= 15 is 0 Å². The fraction of sp³-hybridized carbons (Fsp3) is 0.667. The first-order valence-corrected chi connectivity index (χ1v) is 4.43. The van der Waals surface area contributed by atoms with Gasteiger partial charge < -0.3 is 5.32 Å². The molecule has 1 aliphatic heterocycles. The highest BCUT2D eigenvalue weighted by Gasteiger charge is 2.23. The SMILES string of the molecule is CCC1N=C(SC)NC1=O. The summed E-state index contributed by atoms with van der Waals surface area (Å²) in [7, 11) is 0. The van der Waals surface area contributed by atoms with Crippen molar-refractivity contribution in [2.45, 2.75) is 19.4 Å². The van der Waals surface area contributed by atoms with Gasteiger partial charge in [0.2, 0.25) is 0 Å². The number of nitrogens with one attached hydrogen (secondary N) is 1. The van der Waals surface area contributed by atoms with Crippen LogP contribution in [0.5, 0.6) is 0 Å². The topological polar surface area (TPSA) is 41.5 Å². The van der Waals surface area contributed by atoms with Crippen molar-refractivity contribution in [2.75, 3.05) is 6.26 Å². The minimum atomic E-state index is -0.137. The number of hydrogen-bond acceptors (Lipinski definition) is 3. The van der Waals surface area contributed by atoms with Gasteiger partial charge in [-0.25, -0.2) is 4.99 Å². The molecule has 1 rings (SSSR count). The van der Waals surface area contributed by atoms with E-state index in [1.807, 2.05) is 13.2 Å². The zero-order chi connectivity index (χ0) is 7.56. The van der Waals surface area contributed by atoms with Gasteiger partial charge in [-0.2, -0.15) is 0 Å². The van der Waals surface area contributed by atoms with Gasteiger partial charge in [0.1, 0.15) is 6.04 Å². The van der Waals surface area contributed by atoms with E-state index in [1.54, 1.807) is 0 Å². The van der Waals surface area contributed by atoms with Gasteiger partial charge >= 0.3 is 0 Å². The van der Waals surface area contributed by atoms with Crippen molar-refractivity contribution in [1.29, 1.82) is 0 Å². The first-order valence-electron chi connectivity index (χ1n) is 3.20. The van der Waals surface area contributed by atoms with Crippen LogP contribution in [0.15, 0.2) is 4.99 Å². The summed E-state index contributed by atoms with van der Waals surface area (Å²) in [6.07, 6.45) is 2.69. The third-order valence-electron chi connectivity index (χ3n) is 1.39. The van der Waals surface area contributed by atoms with Gasteiger partial charge in [0, 0.05) is 0 Å². The molecule has 0 aromatic rings. The van der Waals surface area contributed by atoms with Gasteiger partial charge in [-0.1, -0.05) is 18.7 Å². The second kappa shape index (κ2) is 3.05. The van der Waals surface area contributed by atoms with Crippen molar-refractivity contribution in [1.82, 2.24) is 5.32 Å². The average Bonchev–Trinajstić information content (AvgIpc) is 2.30. The number of carbonyl (C=O) groups excluding carboxylic acids is 1. The lowest BCUT2D eigenvalue weighted by Crippen LogP contribution is -2.26. The molecule has 10 heavy (non-hydrogen) atoms. The van der Waals surface area contributed by atoms with Gasteiger partial charge in [0.25, 0.3) is 5.91 Å². The minimum absolute atomic E-state index is 0.0341. The van der Waals surface area contributed by atoms with Crippen molar-refractivity contribution in [3.8, 4) is 0 Å². The van der Waals surface area contributed by atoms with Gasteiger partial charge in [-0.3, -0.25) is 4.79 Å². The van der Waals surface area contributed by atoms with Crippen LogP contribution in [0, 0.1) is 0 Å². The quantitative estimate of drug-likeness (QED) is 0.607. The lowest BCUT2D eigenvalue weighted by Gasteiger charge is -1.95. The average molecular weight is 158 g/mol. The highest BCUT2D eigenvalue weighted by molar-refractivity contribution is 8.13. The molecule has 1 heterocycles. The molecular formula is C6H10N2OS. The first kappa shape index (κ1) is 7.60. The molecule has 3 nitrogen and oxygen atoms in total. The highest BCUT2D eigenvalue weighted by atomic mass is 32.2. The van der Waals surface area contributed by atoms with Crippen LogP contribution in [-0.2, 0) is 4.79 Å². The summed E-state index contributed by atoms with van der Waals surface area (Å²) < 4.78 is 0. The summed E-state index contributed by atoms with van der Waals surface area (Å²) in [4.78, 5) is 15.1. The van der Waals surface area contributed by atoms with Gasteiger partial charge in [-0.05, 0) is 12.7 Å². The second-order valence-corrected chi connectivity index (χ2v) is 2.85. The van der Waals surface area contributed by atoms with E-state index in [0.29, 0.717) is 0 Å². The molecule has 0 saturated heterocycles.